The third-order valence-electron chi connectivity index (χ3n) is 3.48. The number of imide groups is 1. The fourth-order valence-electron chi connectivity index (χ4n) is 2.39. The number of fused-ring (bicyclic) bond motifs is 1. The highest BCUT2D eigenvalue weighted by atomic mass is 16.5. The van der Waals surface area contributed by atoms with E-state index in [1.54, 1.807) is 12.1 Å². The number of carbonyl (C=O) groups is 4. The Morgan fingerprint density at radius 3 is 2.30 bits per heavy atom. The van der Waals surface area contributed by atoms with Crippen molar-refractivity contribution in [3.63, 3.8) is 0 Å². The minimum absolute atomic E-state index is 0.122. The Labute approximate surface area is 131 Å². The summed E-state index contributed by atoms with van der Waals surface area (Å²) in [4.78, 5) is 51.5. The zero-order valence-electron chi connectivity index (χ0n) is 12.3. The molecule has 2 amide bonds. The van der Waals surface area contributed by atoms with Crippen LogP contribution >= 0.6 is 0 Å². The molecule has 0 radical (unpaired) electrons. The highest BCUT2D eigenvalue weighted by molar-refractivity contribution is 6.25. The van der Waals surface area contributed by atoms with Crippen LogP contribution in [0.25, 0.3) is 5.53 Å². The molecule has 0 aromatic heterocycles. The zero-order valence-corrected chi connectivity index (χ0v) is 12.3. The summed E-state index contributed by atoms with van der Waals surface area (Å²) in [6, 6.07) is 4.99. The average Bonchev–Trinajstić information content (AvgIpc) is 2.80. The van der Waals surface area contributed by atoms with Crippen molar-refractivity contribution in [2.75, 3.05) is 7.11 Å². The molecule has 0 N–H and O–H groups in total. The molecule has 23 heavy (non-hydrogen) atoms. The van der Waals surface area contributed by atoms with E-state index in [4.69, 9.17) is 5.53 Å². The van der Waals surface area contributed by atoms with Crippen molar-refractivity contribution < 1.29 is 28.7 Å². The van der Waals surface area contributed by atoms with E-state index >= 15 is 0 Å². The lowest BCUT2D eigenvalue weighted by atomic mass is 10.1. The van der Waals surface area contributed by atoms with Crippen LogP contribution in [-0.4, -0.2) is 52.6 Å². The van der Waals surface area contributed by atoms with Crippen molar-refractivity contribution in [1.29, 1.82) is 0 Å². The van der Waals surface area contributed by atoms with Gasteiger partial charge >= 0.3 is 12.2 Å². The van der Waals surface area contributed by atoms with Crippen molar-refractivity contribution in [3.05, 3.63) is 40.9 Å². The molecule has 118 valence electrons. The smallest absolute Gasteiger partial charge is 0.329 e. The van der Waals surface area contributed by atoms with Gasteiger partial charge in [-0.25, -0.2) is 4.79 Å². The van der Waals surface area contributed by atoms with Crippen LogP contribution in [0.2, 0.25) is 0 Å². The first-order chi connectivity index (χ1) is 11.0. The van der Waals surface area contributed by atoms with Crippen LogP contribution < -0.4 is 0 Å². The molecule has 8 heteroatoms. The van der Waals surface area contributed by atoms with Crippen LogP contribution in [0.1, 0.15) is 33.6 Å². The maximum absolute atomic E-state index is 12.4. The number of methoxy groups -OCH3 is 1. The summed E-state index contributed by atoms with van der Waals surface area (Å²) < 4.78 is 4.63. The van der Waals surface area contributed by atoms with E-state index in [1.807, 2.05) is 0 Å². The molecule has 0 spiro atoms. The van der Waals surface area contributed by atoms with Gasteiger partial charge in [0.05, 0.1) is 18.2 Å². The van der Waals surface area contributed by atoms with Crippen LogP contribution in [0, 0.1) is 0 Å². The molecule has 0 bridgehead atoms. The van der Waals surface area contributed by atoms with Crippen LogP contribution in [0.15, 0.2) is 24.3 Å². The third-order valence-corrected chi connectivity index (χ3v) is 3.48. The molecule has 2 rings (SSSR count). The number of nitrogens with zero attached hydrogens (tertiary/aromatic N) is 3. The van der Waals surface area contributed by atoms with Crippen molar-refractivity contribution in [2.45, 2.75) is 18.9 Å². The monoisotopic (exact) mass is 315 g/mol. The second-order valence-electron chi connectivity index (χ2n) is 4.81. The Balaban J connectivity index is 2.28. The highest BCUT2D eigenvalue weighted by Crippen LogP contribution is 2.26. The molecule has 1 unspecified atom stereocenters. The van der Waals surface area contributed by atoms with E-state index in [2.05, 4.69) is 9.53 Å². The highest BCUT2D eigenvalue weighted by Gasteiger charge is 2.43. The number of amides is 2. The molecule has 1 atom stereocenters. The quantitative estimate of drug-likeness (QED) is 0.249. The Kier molecular flexibility index (Phi) is 4.78. The molecule has 0 fully saturated rings. The topological polar surface area (TPSA) is 117 Å². The van der Waals surface area contributed by atoms with Gasteiger partial charge in [0, 0.05) is 6.42 Å². The standard InChI is InChI=1S/C15H13N3O5/c1-23-15(22)12(7-6-9(19)8-17-16)18-13(20)10-4-2-3-5-11(10)14(18)21/h2-5,8,12H,6-7H2,1H3. The molecule has 0 saturated carbocycles. The van der Waals surface area contributed by atoms with Gasteiger partial charge in [-0.15, -0.1) is 0 Å². The van der Waals surface area contributed by atoms with Gasteiger partial charge in [-0.1, -0.05) is 12.1 Å². The maximum Gasteiger partial charge on any atom is 0.329 e. The van der Waals surface area contributed by atoms with Gasteiger partial charge in [-0.2, -0.15) is 4.79 Å². The molecular formula is C15H13N3O5. The van der Waals surface area contributed by atoms with Gasteiger partial charge < -0.3 is 10.3 Å². The number of hydrogen-bond acceptors (Lipinski definition) is 5. The van der Waals surface area contributed by atoms with Crippen molar-refractivity contribution in [2.24, 2.45) is 0 Å². The molecule has 1 aliphatic rings. The molecule has 0 aliphatic carbocycles. The molecule has 1 heterocycles. The first-order valence-corrected chi connectivity index (χ1v) is 6.76. The lowest BCUT2D eigenvalue weighted by molar-refractivity contribution is -0.145. The van der Waals surface area contributed by atoms with Crippen molar-refractivity contribution >= 4 is 29.8 Å². The second kappa shape index (κ2) is 6.76. The van der Waals surface area contributed by atoms with Crippen LogP contribution in [-0.2, 0) is 14.3 Å². The molecular weight excluding hydrogens is 302 g/mol. The first kappa shape index (κ1) is 16.3. The number of ketones is 1. The predicted octanol–water partition coefficient (Wildman–Crippen LogP) is 0.474. The van der Waals surface area contributed by atoms with Gasteiger partial charge in [-0.3, -0.25) is 19.3 Å². The van der Waals surface area contributed by atoms with E-state index in [0.717, 1.165) is 12.0 Å². The summed E-state index contributed by atoms with van der Waals surface area (Å²) in [7, 11) is 1.13. The largest absolute Gasteiger partial charge is 0.467 e. The number of ether oxygens (including phenoxy) is 1. The summed E-state index contributed by atoms with van der Waals surface area (Å²) in [5.41, 5.74) is 8.72. The summed E-state index contributed by atoms with van der Waals surface area (Å²) in [6.07, 6.45) is 0.386. The van der Waals surface area contributed by atoms with Gasteiger partial charge in [0.15, 0.2) is 0 Å². The number of rotatable bonds is 6. The minimum atomic E-state index is -1.22. The van der Waals surface area contributed by atoms with E-state index in [1.165, 1.54) is 12.1 Å². The number of esters is 1. The zero-order chi connectivity index (χ0) is 17.0. The first-order valence-electron chi connectivity index (χ1n) is 6.76. The fourth-order valence-corrected chi connectivity index (χ4v) is 2.39. The number of carbonyl (C=O) groups excluding carboxylic acids is 4. The van der Waals surface area contributed by atoms with E-state index < -0.39 is 29.6 Å². The summed E-state index contributed by atoms with van der Waals surface area (Å²) in [6.45, 7) is 0. The number of Topliss-reactive ketones (excluding diaryl/α,β-unsaturated/α-hetero) is 1. The predicted molar refractivity (Wildman–Crippen MR) is 76.7 cm³/mol. The second-order valence-corrected chi connectivity index (χ2v) is 4.81. The lowest BCUT2D eigenvalue weighted by Crippen LogP contribution is -2.45. The Hall–Kier alpha value is -3.12. The summed E-state index contributed by atoms with van der Waals surface area (Å²) >= 11 is 0. The van der Waals surface area contributed by atoms with Crippen LogP contribution in [0.4, 0.5) is 0 Å². The number of benzene rings is 1. The molecule has 0 saturated heterocycles. The van der Waals surface area contributed by atoms with Crippen molar-refractivity contribution in [3.8, 4) is 0 Å². The molecule has 1 aromatic rings. The van der Waals surface area contributed by atoms with Gasteiger partial charge in [0.1, 0.15) is 6.04 Å². The minimum Gasteiger partial charge on any atom is -0.467 e. The average molecular weight is 315 g/mol. The number of hydrogen-bond donors (Lipinski definition) is 0. The Morgan fingerprint density at radius 2 is 1.83 bits per heavy atom. The normalized spacial score (nSPS) is 14.0. The molecule has 1 aliphatic heterocycles. The van der Waals surface area contributed by atoms with Gasteiger partial charge in [0.2, 0.25) is 5.78 Å². The maximum atomic E-state index is 12.4. The van der Waals surface area contributed by atoms with Crippen LogP contribution in [0.3, 0.4) is 0 Å². The van der Waals surface area contributed by atoms with Crippen LogP contribution in [0.5, 0.6) is 0 Å². The molecule has 1 aromatic carbocycles. The Morgan fingerprint density at radius 1 is 1.26 bits per heavy atom. The molecule has 8 nitrogen and oxygen atoms in total. The van der Waals surface area contributed by atoms with Crippen molar-refractivity contribution in [1.82, 2.24) is 4.90 Å². The Bertz CT molecular complexity index is 701. The fraction of sp³-hybridized carbons (Fsp3) is 0.267. The summed E-state index contributed by atoms with van der Waals surface area (Å²) in [5, 5.41) is 0. The lowest BCUT2D eigenvalue weighted by Gasteiger charge is -2.23. The third kappa shape index (κ3) is 3.07. The van der Waals surface area contributed by atoms with E-state index in [-0.39, 0.29) is 24.0 Å². The van der Waals surface area contributed by atoms with E-state index in [9.17, 15) is 19.2 Å². The SMILES string of the molecule is COC(=O)C(CCC(=O)C=[N+]=[N-])N1C(=O)c2ccccc2C1=O. The van der Waals surface area contributed by atoms with E-state index in [0.29, 0.717) is 6.21 Å². The van der Waals surface area contributed by atoms with Gasteiger partial charge in [-0.05, 0) is 18.6 Å². The van der Waals surface area contributed by atoms with Gasteiger partial charge in [0.25, 0.3) is 11.8 Å². The summed E-state index contributed by atoms with van der Waals surface area (Å²) in [5.74, 6) is -2.56.